The van der Waals surface area contributed by atoms with Crippen LogP contribution in [0.25, 0.3) is 11.5 Å². The van der Waals surface area contributed by atoms with E-state index < -0.39 is 5.97 Å². The van der Waals surface area contributed by atoms with Gasteiger partial charge in [0.15, 0.2) is 0 Å². The molecule has 0 unspecified atom stereocenters. The molecule has 4 saturated carbocycles. The average Bonchev–Trinajstić information content (AvgIpc) is 3.39. The van der Waals surface area contributed by atoms with Crippen molar-refractivity contribution in [1.82, 2.24) is 10.6 Å². The Kier molecular flexibility index (Phi) is 16.4. The van der Waals surface area contributed by atoms with E-state index in [0.717, 1.165) is 67.6 Å². The minimum absolute atomic E-state index is 0. The number of carbonyl (C=O) groups is 2. The van der Waals surface area contributed by atoms with Gasteiger partial charge in [-0.15, -0.1) is 0 Å². The van der Waals surface area contributed by atoms with Crippen LogP contribution in [0.2, 0.25) is 0 Å². The van der Waals surface area contributed by atoms with Gasteiger partial charge in [0.1, 0.15) is 0 Å². The molecule has 0 heterocycles. The fraction of sp³-hybridized carbons (Fsp3) is 0.875. The van der Waals surface area contributed by atoms with Gasteiger partial charge < -0.3 is 27.2 Å². The van der Waals surface area contributed by atoms with E-state index in [9.17, 15) is 14.4 Å². The Hall–Kier alpha value is -1.24. The molecule has 284 valence electrons. The van der Waals surface area contributed by atoms with Crippen LogP contribution in [0.1, 0.15) is 150 Å². The molecule has 0 aliphatic heterocycles. The predicted octanol–water partition coefficient (Wildman–Crippen LogP) is 9.26. The molecule has 0 spiro atoms. The van der Waals surface area contributed by atoms with Gasteiger partial charge in [-0.25, -0.2) is 0 Å². The molecular weight excluding hydrogens is 796 g/mol. The molecule has 6 N–H and O–H groups in total. The normalized spacial score (nSPS) is 35.6. The third-order valence-corrected chi connectivity index (χ3v) is 13.7. The number of fused-ring (bicyclic) bond motifs is 5. The number of hydrogen-bond donors (Lipinski definition) is 3. The quantitative estimate of drug-likeness (QED) is 0.133. The summed E-state index contributed by atoms with van der Waals surface area (Å²) in [4.78, 5) is 33.0. The zero-order valence-corrected chi connectivity index (χ0v) is 33.5. The fourth-order valence-corrected chi connectivity index (χ4v) is 10.9. The monoisotopic (exact) mass is 864 g/mol. The van der Waals surface area contributed by atoms with Crippen molar-refractivity contribution < 1.29 is 40.6 Å². The maximum absolute atomic E-state index is 12.6. The summed E-state index contributed by atoms with van der Waals surface area (Å²) >= 11 is 0. The predicted molar refractivity (Wildman–Crippen MR) is 196 cm³/mol. The van der Waals surface area contributed by atoms with Gasteiger partial charge in [0.05, 0.1) is 12.8 Å². The standard InChI is InChI=1S/C34H56N2O4.C6H12N2.Pt/c1-22(2)7-6-8-23(3)27-11-12-28-26-10-9-24-21-25(15-18-33(24,4)29(26)16-19-34(27,28)5)36-31(38)17-20-35-30(37)13-14-32(39)40;7-5-3-1-2-4-6(5)8;/h9,22-23,25-29H,6-8,10-21H2,1-5H3,(H,35,37)(H,36,38)(H,39,40);5-8H,1-4H2;/q;-2;/p+1/t23-,25+,26+,27-,28+,29+,33+,34-;5-,6-;/m11./s1. The SMILES string of the molecule is CC(C)CCC[C@@H](C)[C@H]1CC[C@H]2[C@@H]3CC=C4C[C@@H](NC(=O)CCNC(=[OH+])CCC(=O)O)CC[C@]4(C)[C@H]3CC[C@]12C.[NH-][C@@H]1CCCC[C@H]1[NH-].[Pt]. The first-order valence-electron chi connectivity index (χ1n) is 19.7. The number of carboxylic acid groups (broad SMARTS) is 1. The first-order valence-corrected chi connectivity index (χ1v) is 19.7. The summed E-state index contributed by atoms with van der Waals surface area (Å²) in [5.74, 6) is 4.00. The van der Waals surface area contributed by atoms with E-state index >= 15 is 0 Å². The van der Waals surface area contributed by atoms with Crippen LogP contribution >= 0.6 is 0 Å². The van der Waals surface area contributed by atoms with Gasteiger partial charge in [-0.1, -0.05) is 91.2 Å². The van der Waals surface area contributed by atoms with E-state index in [1.54, 1.807) is 5.57 Å². The molecule has 0 bridgehead atoms. The van der Waals surface area contributed by atoms with Gasteiger partial charge in [-0.3, -0.25) is 14.4 Å². The molecule has 5 aliphatic rings. The van der Waals surface area contributed by atoms with Crippen molar-refractivity contribution >= 4 is 17.8 Å². The van der Waals surface area contributed by atoms with Crippen LogP contribution in [0.3, 0.4) is 0 Å². The number of carboxylic acids is 1. The van der Waals surface area contributed by atoms with Crippen LogP contribution in [-0.2, 0) is 30.7 Å². The van der Waals surface area contributed by atoms with Gasteiger partial charge in [-0.05, 0) is 97.7 Å². The number of amides is 2. The van der Waals surface area contributed by atoms with Crippen molar-refractivity contribution in [2.24, 2.45) is 46.3 Å². The van der Waals surface area contributed by atoms with Crippen LogP contribution in [-0.4, -0.2) is 52.4 Å². The van der Waals surface area contributed by atoms with Gasteiger partial charge >= 0.3 is 11.9 Å². The molecule has 8 nitrogen and oxygen atoms in total. The largest absolute Gasteiger partial charge is 0.676 e. The molecule has 5 aliphatic carbocycles. The second kappa shape index (κ2) is 19.0. The van der Waals surface area contributed by atoms with Crippen molar-refractivity contribution in [2.45, 2.75) is 168 Å². The second-order valence-electron chi connectivity index (χ2n) is 17.3. The number of nitrogens with one attached hydrogen (secondary N) is 4. The van der Waals surface area contributed by atoms with E-state index in [1.165, 1.54) is 64.2 Å². The minimum atomic E-state index is -0.949. The Bertz CT molecular complexity index is 1120. The van der Waals surface area contributed by atoms with Crippen LogP contribution in [0, 0.1) is 46.3 Å². The second-order valence-corrected chi connectivity index (χ2v) is 17.3. The van der Waals surface area contributed by atoms with E-state index in [-0.39, 0.29) is 75.7 Å². The Morgan fingerprint density at radius 2 is 1.63 bits per heavy atom. The smallest absolute Gasteiger partial charge is 0.390 e. The molecule has 5 rings (SSSR count). The number of rotatable bonds is 12. The van der Waals surface area contributed by atoms with Gasteiger partial charge in [0.25, 0.3) is 0 Å². The van der Waals surface area contributed by atoms with Gasteiger partial charge in [0.2, 0.25) is 5.91 Å². The molecular formula is C40H69N4O4Pt-. The molecule has 10 atom stereocenters. The van der Waals surface area contributed by atoms with E-state index in [0.29, 0.717) is 12.0 Å². The van der Waals surface area contributed by atoms with Gasteiger partial charge in [0, 0.05) is 40.1 Å². The maximum Gasteiger partial charge on any atom is 0.390 e. The van der Waals surface area contributed by atoms with Gasteiger partial charge in [-0.2, -0.15) is 12.1 Å². The molecule has 49 heavy (non-hydrogen) atoms. The third-order valence-electron chi connectivity index (χ3n) is 13.7. The average molecular weight is 865 g/mol. The number of hydrogen-bond acceptors (Lipinski definition) is 2. The maximum atomic E-state index is 12.6. The fourth-order valence-electron chi connectivity index (χ4n) is 10.9. The Morgan fingerprint density at radius 1 is 0.939 bits per heavy atom. The molecule has 0 radical (unpaired) electrons. The molecule has 0 aromatic carbocycles. The van der Waals surface area contributed by atoms with E-state index in [1.807, 2.05) is 0 Å². The summed E-state index contributed by atoms with van der Waals surface area (Å²) in [5.41, 5.74) is 17.0. The summed E-state index contributed by atoms with van der Waals surface area (Å²) in [6, 6.07) is 0.0249. The molecule has 0 saturated heterocycles. The first-order chi connectivity index (χ1) is 22.7. The van der Waals surface area contributed by atoms with Crippen LogP contribution in [0.4, 0.5) is 0 Å². The minimum Gasteiger partial charge on any atom is -0.676 e. The van der Waals surface area contributed by atoms with Crippen molar-refractivity contribution in [3.63, 3.8) is 0 Å². The number of aliphatic carboxylic acids is 1. The summed E-state index contributed by atoms with van der Waals surface area (Å²) in [6.07, 6.45) is 21.2. The molecule has 2 amide bonds. The van der Waals surface area contributed by atoms with E-state index in [2.05, 4.69) is 51.3 Å². The molecule has 0 aromatic rings. The first kappa shape index (κ1) is 42.2. The molecule has 9 heteroatoms. The third kappa shape index (κ3) is 10.9. The topological polar surface area (TPSA) is 147 Å². The zero-order chi connectivity index (χ0) is 35.1. The number of allylic oxidation sites excluding steroid dienone is 1. The summed E-state index contributed by atoms with van der Waals surface area (Å²) < 4.78 is 0. The number of carbonyl (C=O) groups excluding carboxylic acids is 2. The summed E-state index contributed by atoms with van der Waals surface area (Å²) in [7, 11) is 0. The Morgan fingerprint density at radius 3 is 2.27 bits per heavy atom. The van der Waals surface area contributed by atoms with Crippen LogP contribution in [0.15, 0.2) is 11.6 Å². The van der Waals surface area contributed by atoms with Crippen molar-refractivity contribution in [1.29, 1.82) is 0 Å². The van der Waals surface area contributed by atoms with Crippen molar-refractivity contribution in [3.8, 4) is 0 Å². The molecule has 0 aromatic heterocycles. The van der Waals surface area contributed by atoms with Crippen molar-refractivity contribution in [3.05, 3.63) is 23.1 Å². The Balaban J connectivity index is 0.000000634. The van der Waals surface area contributed by atoms with Crippen molar-refractivity contribution in [2.75, 3.05) is 6.54 Å². The van der Waals surface area contributed by atoms with E-state index in [4.69, 9.17) is 16.6 Å². The summed E-state index contributed by atoms with van der Waals surface area (Å²) in [5, 5.41) is 14.7. The Labute approximate surface area is 312 Å². The zero-order valence-electron chi connectivity index (χ0n) is 31.2. The van der Waals surface area contributed by atoms with Crippen LogP contribution < -0.4 is 10.6 Å². The summed E-state index contributed by atoms with van der Waals surface area (Å²) in [6.45, 7) is 12.8. The molecule has 4 fully saturated rings. The van der Waals surface area contributed by atoms with Crippen LogP contribution in [0.5, 0.6) is 0 Å².